The van der Waals surface area contributed by atoms with Crippen LogP contribution in [0.15, 0.2) is 16.8 Å². The zero-order valence-electron chi connectivity index (χ0n) is 9.11. The van der Waals surface area contributed by atoms with Crippen molar-refractivity contribution in [2.24, 2.45) is 5.92 Å². The lowest BCUT2D eigenvalue weighted by Crippen LogP contribution is -2.31. The minimum atomic E-state index is 0.300. The molecule has 1 aliphatic rings. The van der Waals surface area contributed by atoms with E-state index in [1.807, 2.05) is 11.9 Å². The summed E-state index contributed by atoms with van der Waals surface area (Å²) in [5.41, 5.74) is 1.24. The maximum atomic E-state index is 12.0. The van der Waals surface area contributed by atoms with E-state index in [-0.39, 0.29) is 0 Å². The molecular weight excluding hydrogens is 206 g/mol. The summed E-state index contributed by atoms with van der Waals surface area (Å²) in [6.07, 6.45) is 4.63. The van der Waals surface area contributed by atoms with E-state index in [2.05, 4.69) is 16.8 Å². The van der Waals surface area contributed by atoms with Crippen LogP contribution in [-0.4, -0.2) is 17.9 Å². The average molecular weight is 223 g/mol. The van der Waals surface area contributed by atoms with Gasteiger partial charge in [0.05, 0.1) is 0 Å². The number of rotatable bonds is 3. The van der Waals surface area contributed by atoms with Crippen molar-refractivity contribution in [1.29, 1.82) is 0 Å². The van der Waals surface area contributed by atoms with Crippen LogP contribution in [0.1, 0.15) is 31.2 Å². The molecule has 0 saturated heterocycles. The minimum Gasteiger partial charge on any atom is -0.341 e. The highest BCUT2D eigenvalue weighted by molar-refractivity contribution is 7.07. The summed E-state index contributed by atoms with van der Waals surface area (Å²) in [7, 11) is 1.92. The maximum absolute atomic E-state index is 12.0. The van der Waals surface area contributed by atoms with Gasteiger partial charge in [-0.3, -0.25) is 4.79 Å². The van der Waals surface area contributed by atoms with Crippen LogP contribution < -0.4 is 0 Å². The second-order valence-electron chi connectivity index (χ2n) is 4.31. The van der Waals surface area contributed by atoms with Crippen LogP contribution in [0.4, 0.5) is 0 Å². The Morgan fingerprint density at radius 1 is 1.53 bits per heavy atom. The lowest BCUT2D eigenvalue weighted by molar-refractivity contribution is -0.134. The van der Waals surface area contributed by atoms with Crippen LogP contribution in [0, 0.1) is 5.92 Å². The van der Waals surface area contributed by atoms with E-state index >= 15 is 0 Å². The molecule has 82 valence electrons. The van der Waals surface area contributed by atoms with Crippen LogP contribution in [0.3, 0.4) is 0 Å². The van der Waals surface area contributed by atoms with Gasteiger partial charge in [0.2, 0.25) is 5.91 Å². The molecular formula is C12H17NOS. The molecule has 0 aliphatic heterocycles. The number of amides is 1. The van der Waals surface area contributed by atoms with Gasteiger partial charge < -0.3 is 4.90 Å². The zero-order chi connectivity index (χ0) is 10.7. The van der Waals surface area contributed by atoms with Gasteiger partial charge in [0.15, 0.2) is 0 Å². The quantitative estimate of drug-likeness (QED) is 0.771. The van der Waals surface area contributed by atoms with Crippen molar-refractivity contribution in [1.82, 2.24) is 4.90 Å². The average Bonchev–Trinajstić information content (AvgIpc) is 2.88. The SMILES string of the molecule is CN(Cc1ccsc1)C(=O)C1CCCC1. The molecule has 1 heterocycles. The van der Waals surface area contributed by atoms with Crippen molar-refractivity contribution in [2.45, 2.75) is 32.2 Å². The van der Waals surface area contributed by atoms with Crippen LogP contribution in [0.5, 0.6) is 0 Å². The molecule has 0 spiro atoms. The molecule has 1 aromatic rings. The predicted octanol–water partition coefficient (Wildman–Crippen LogP) is 2.90. The molecule has 0 N–H and O–H groups in total. The Morgan fingerprint density at radius 3 is 2.87 bits per heavy atom. The van der Waals surface area contributed by atoms with Gasteiger partial charge in [-0.15, -0.1) is 0 Å². The molecule has 1 saturated carbocycles. The fourth-order valence-electron chi connectivity index (χ4n) is 2.22. The van der Waals surface area contributed by atoms with Crippen molar-refractivity contribution < 1.29 is 4.79 Å². The van der Waals surface area contributed by atoms with Crippen LogP contribution in [0.25, 0.3) is 0 Å². The third kappa shape index (κ3) is 2.59. The first-order valence-electron chi connectivity index (χ1n) is 5.53. The molecule has 1 aliphatic carbocycles. The Kier molecular flexibility index (Phi) is 3.41. The molecule has 0 aromatic carbocycles. The second kappa shape index (κ2) is 4.79. The summed E-state index contributed by atoms with van der Waals surface area (Å²) < 4.78 is 0. The number of carbonyl (C=O) groups excluding carboxylic acids is 1. The van der Waals surface area contributed by atoms with Gasteiger partial charge in [0.1, 0.15) is 0 Å². The van der Waals surface area contributed by atoms with E-state index in [4.69, 9.17) is 0 Å². The predicted molar refractivity (Wildman–Crippen MR) is 62.8 cm³/mol. The van der Waals surface area contributed by atoms with Crippen LogP contribution in [0.2, 0.25) is 0 Å². The van der Waals surface area contributed by atoms with E-state index in [9.17, 15) is 4.79 Å². The number of hydrogen-bond acceptors (Lipinski definition) is 2. The first-order valence-corrected chi connectivity index (χ1v) is 6.47. The van der Waals surface area contributed by atoms with Gasteiger partial charge in [-0.05, 0) is 35.2 Å². The maximum Gasteiger partial charge on any atom is 0.225 e. The summed E-state index contributed by atoms with van der Waals surface area (Å²) in [4.78, 5) is 13.9. The third-order valence-corrected chi connectivity index (χ3v) is 3.81. The van der Waals surface area contributed by atoms with Crippen molar-refractivity contribution in [3.8, 4) is 0 Å². The van der Waals surface area contributed by atoms with E-state index in [0.29, 0.717) is 11.8 Å². The number of thiophene rings is 1. The molecule has 2 rings (SSSR count). The highest BCUT2D eigenvalue weighted by atomic mass is 32.1. The third-order valence-electron chi connectivity index (χ3n) is 3.08. The van der Waals surface area contributed by atoms with Crippen LogP contribution in [-0.2, 0) is 11.3 Å². The standard InChI is InChI=1S/C12H17NOS/c1-13(8-10-6-7-15-9-10)12(14)11-4-2-3-5-11/h6-7,9,11H,2-5,8H2,1H3. The van der Waals surface area contributed by atoms with Gasteiger partial charge in [-0.25, -0.2) is 0 Å². The summed E-state index contributed by atoms with van der Waals surface area (Å²) in [5, 5.41) is 4.17. The molecule has 1 fully saturated rings. The molecule has 0 radical (unpaired) electrons. The van der Waals surface area contributed by atoms with Crippen molar-refractivity contribution in [3.63, 3.8) is 0 Å². The summed E-state index contributed by atoms with van der Waals surface area (Å²) in [6.45, 7) is 0.763. The second-order valence-corrected chi connectivity index (χ2v) is 5.09. The molecule has 1 amide bonds. The fourth-order valence-corrected chi connectivity index (χ4v) is 2.88. The van der Waals surface area contributed by atoms with Gasteiger partial charge in [-0.1, -0.05) is 12.8 Å². The Balaban J connectivity index is 1.89. The Morgan fingerprint density at radius 2 is 2.27 bits per heavy atom. The molecule has 15 heavy (non-hydrogen) atoms. The monoisotopic (exact) mass is 223 g/mol. The Hall–Kier alpha value is -0.830. The summed E-state index contributed by atoms with van der Waals surface area (Å²) in [6, 6.07) is 2.09. The lowest BCUT2D eigenvalue weighted by atomic mass is 10.1. The molecule has 3 heteroatoms. The zero-order valence-corrected chi connectivity index (χ0v) is 9.93. The Bertz CT molecular complexity index is 314. The molecule has 0 bridgehead atoms. The number of nitrogens with zero attached hydrogens (tertiary/aromatic N) is 1. The van der Waals surface area contributed by atoms with Gasteiger partial charge in [0.25, 0.3) is 0 Å². The van der Waals surface area contributed by atoms with E-state index in [1.54, 1.807) is 11.3 Å². The van der Waals surface area contributed by atoms with Gasteiger partial charge in [0, 0.05) is 19.5 Å². The normalized spacial score (nSPS) is 16.9. The van der Waals surface area contributed by atoms with Gasteiger partial charge in [-0.2, -0.15) is 11.3 Å². The number of carbonyl (C=O) groups is 1. The fraction of sp³-hybridized carbons (Fsp3) is 0.583. The topological polar surface area (TPSA) is 20.3 Å². The van der Waals surface area contributed by atoms with Crippen molar-refractivity contribution >= 4 is 17.2 Å². The molecule has 0 unspecified atom stereocenters. The first kappa shape index (κ1) is 10.7. The first-order chi connectivity index (χ1) is 7.27. The van der Waals surface area contributed by atoms with Crippen molar-refractivity contribution in [3.05, 3.63) is 22.4 Å². The van der Waals surface area contributed by atoms with E-state index in [0.717, 1.165) is 19.4 Å². The number of hydrogen-bond donors (Lipinski definition) is 0. The Labute approximate surface area is 94.9 Å². The van der Waals surface area contributed by atoms with E-state index < -0.39 is 0 Å². The van der Waals surface area contributed by atoms with Crippen molar-refractivity contribution in [2.75, 3.05) is 7.05 Å². The highest BCUT2D eigenvalue weighted by Gasteiger charge is 2.25. The van der Waals surface area contributed by atoms with E-state index in [1.165, 1.54) is 18.4 Å². The summed E-state index contributed by atoms with van der Waals surface area (Å²) in [5.74, 6) is 0.632. The highest BCUT2D eigenvalue weighted by Crippen LogP contribution is 2.26. The largest absolute Gasteiger partial charge is 0.341 e. The minimum absolute atomic E-state index is 0.300. The lowest BCUT2D eigenvalue weighted by Gasteiger charge is -2.20. The molecule has 0 atom stereocenters. The van der Waals surface area contributed by atoms with Gasteiger partial charge >= 0.3 is 0 Å². The van der Waals surface area contributed by atoms with Crippen LogP contribution >= 0.6 is 11.3 Å². The summed E-state index contributed by atoms with van der Waals surface area (Å²) >= 11 is 1.69. The molecule has 2 nitrogen and oxygen atoms in total. The molecule has 1 aromatic heterocycles. The smallest absolute Gasteiger partial charge is 0.225 e.